The molecule has 1 aliphatic heterocycles. The van der Waals surface area contributed by atoms with Crippen molar-refractivity contribution in [3.8, 4) is 11.5 Å². The second-order valence-electron chi connectivity index (χ2n) is 4.39. The van der Waals surface area contributed by atoms with Gasteiger partial charge in [0.25, 0.3) is 0 Å². The molecule has 1 aromatic rings. The molecule has 1 aliphatic rings. The lowest BCUT2D eigenvalue weighted by Crippen LogP contribution is -2.29. The molecule has 0 saturated carbocycles. The van der Waals surface area contributed by atoms with Gasteiger partial charge >= 0.3 is 0 Å². The smallest absolute Gasteiger partial charge is 0.232 e. The fraction of sp³-hybridized carbons (Fsp3) is 0.462. The highest BCUT2D eigenvalue weighted by Gasteiger charge is 2.19. The van der Waals surface area contributed by atoms with Crippen molar-refractivity contribution < 1.29 is 18.5 Å². The van der Waals surface area contributed by atoms with E-state index in [0.717, 1.165) is 12.0 Å². The number of carbonyl (C=O) groups is 1. The SMILES string of the molecule is CCCNC(=O)C[S@](=O)Cc1cc(Cl)c2c(c1)OCO2. The highest BCUT2D eigenvalue weighted by molar-refractivity contribution is 7.84. The number of fused-ring (bicyclic) bond motifs is 1. The Morgan fingerprint density at radius 2 is 2.25 bits per heavy atom. The van der Waals surface area contributed by atoms with E-state index in [1.165, 1.54) is 0 Å². The summed E-state index contributed by atoms with van der Waals surface area (Å²) in [5.41, 5.74) is 0.765. The van der Waals surface area contributed by atoms with Crippen molar-refractivity contribution >= 4 is 28.3 Å². The molecule has 7 heteroatoms. The van der Waals surface area contributed by atoms with Crippen LogP contribution in [0.15, 0.2) is 12.1 Å². The Bertz CT molecular complexity index is 535. The van der Waals surface area contributed by atoms with E-state index in [2.05, 4.69) is 5.32 Å². The Hall–Kier alpha value is -1.27. The number of rotatable bonds is 6. The van der Waals surface area contributed by atoms with Gasteiger partial charge in [-0.25, -0.2) is 0 Å². The van der Waals surface area contributed by atoms with Crippen LogP contribution in [0.4, 0.5) is 0 Å². The Labute approximate surface area is 125 Å². The first kappa shape index (κ1) is 15.1. The molecule has 0 aromatic heterocycles. The first-order valence-electron chi connectivity index (χ1n) is 6.30. The van der Waals surface area contributed by atoms with E-state index in [1.807, 2.05) is 6.92 Å². The summed E-state index contributed by atoms with van der Waals surface area (Å²) in [4.78, 5) is 11.5. The zero-order chi connectivity index (χ0) is 14.5. The molecule has 1 heterocycles. The number of nitrogens with one attached hydrogen (secondary N) is 1. The molecule has 0 aliphatic carbocycles. The van der Waals surface area contributed by atoms with E-state index in [0.29, 0.717) is 23.1 Å². The first-order valence-corrected chi connectivity index (χ1v) is 8.16. The lowest BCUT2D eigenvalue weighted by molar-refractivity contribution is -0.118. The number of hydrogen-bond donors (Lipinski definition) is 1. The zero-order valence-electron chi connectivity index (χ0n) is 11.1. The van der Waals surface area contributed by atoms with Gasteiger partial charge in [-0.15, -0.1) is 0 Å². The third-order valence-corrected chi connectivity index (χ3v) is 4.20. The predicted octanol–water partition coefficient (Wildman–Crippen LogP) is 1.84. The van der Waals surface area contributed by atoms with E-state index in [-0.39, 0.29) is 24.2 Å². The number of carbonyl (C=O) groups excluding carboxylic acids is 1. The summed E-state index contributed by atoms with van der Waals surface area (Å²) in [5, 5.41) is 3.13. The molecule has 1 N–H and O–H groups in total. The maximum atomic E-state index is 11.9. The second-order valence-corrected chi connectivity index (χ2v) is 6.25. The van der Waals surface area contributed by atoms with Gasteiger partial charge in [-0.05, 0) is 24.1 Å². The minimum Gasteiger partial charge on any atom is -0.454 e. The monoisotopic (exact) mass is 317 g/mol. The largest absolute Gasteiger partial charge is 0.454 e. The molecule has 0 saturated heterocycles. The Morgan fingerprint density at radius 1 is 1.45 bits per heavy atom. The number of ether oxygens (including phenoxy) is 2. The summed E-state index contributed by atoms with van der Waals surface area (Å²) in [6.45, 7) is 2.71. The standard InChI is InChI=1S/C13H16ClNO4S/c1-2-3-15-12(16)7-20(17)6-9-4-10(14)13-11(5-9)18-8-19-13/h4-5H,2-3,6-8H2,1H3,(H,15,16)/t20-/m1/s1. The van der Waals surface area contributed by atoms with Gasteiger partial charge in [0.1, 0.15) is 5.75 Å². The fourth-order valence-electron chi connectivity index (χ4n) is 1.80. The summed E-state index contributed by atoms with van der Waals surface area (Å²) in [5.74, 6) is 1.13. The van der Waals surface area contributed by atoms with Crippen molar-refractivity contribution in [1.82, 2.24) is 5.32 Å². The van der Waals surface area contributed by atoms with Crippen molar-refractivity contribution in [3.05, 3.63) is 22.7 Å². The summed E-state index contributed by atoms with van der Waals surface area (Å²) in [6.07, 6.45) is 0.857. The topological polar surface area (TPSA) is 64.6 Å². The van der Waals surface area contributed by atoms with Gasteiger partial charge in [-0.3, -0.25) is 9.00 Å². The van der Waals surface area contributed by atoms with E-state index < -0.39 is 10.8 Å². The van der Waals surface area contributed by atoms with Gasteiger partial charge in [-0.2, -0.15) is 0 Å². The van der Waals surface area contributed by atoms with E-state index in [1.54, 1.807) is 12.1 Å². The fourth-order valence-corrected chi connectivity index (χ4v) is 3.13. The van der Waals surface area contributed by atoms with Gasteiger partial charge in [0, 0.05) is 23.1 Å². The van der Waals surface area contributed by atoms with Crippen molar-refractivity contribution in [2.75, 3.05) is 19.1 Å². The molecular weight excluding hydrogens is 302 g/mol. The summed E-state index contributed by atoms with van der Waals surface area (Å²) in [7, 11) is -1.28. The minimum absolute atomic E-state index is 0.00788. The molecule has 0 spiro atoms. The lowest BCUT2D eigenvalue weighted by Gasteiger charge is -2.06. The van der Waals surface area contributed by atoms with Crippen LogP contribution in [0.1, 0.15) is 18.9 Å². The van der Waals surface area contributed by atoms with E-state index in [4.69, 9.17) is 21.1 Å². The van der Waals surface area contributed by atoms with Crippen LogP contribution < -0.4 is 14.8 Å². The highest BCUT2D eigenvalue weighted by Crippen LogP contribution is 2.39. The normalized spacial score (nSPS) is 14.1. The van der Waals surface area contributed by atoms with Crippen LogP contribution >= 0.6 is 11.6 Å². The third kappa shape index (κ3) is 3.86. The quantitative estimate of drug-likeness (QED) is 0.869. The molecule has 2 rings (SSSR count). The van der Waals surface area contributed by atoms with Crippen LogP contribution in [-0.2, 0) is 21.3 Å². The molecule has 1 atom stereocenters. The van der Waals surface area contributed by atoms with Crippen LogP contribution in [0.25, 0.3) is 0 Å². The van der Waals surface area contributed by atoms with E-state index in [9.17, 15) is 9.00 Å². The summed E-state index contributed by atoms with van der Waals surface area (Å²) >= 11 is 6.05. The molecule has 1 amide bonds. The number of hydrogen-bond acceptors (Lipinski definition) is 4. The maximum absolute atomic E-state index is 11.9. The maximum Gasteiger partial charge on any atom is 0.232 e. The van der Waals surface area contributed by atoms with Crippen LogP contribution in [0.3, 0.4) is 0 Å². The van der Waals surface area contributed by atoms with Gasteiger partial charge in [-0.1, -0.05) is 18.5 Å². The average Bonchev–Trinajstić information content (AvgIpc) is 2.84. The number of amides is 1. The Balaban J connectivity index is 1.95. The van der Waals surface area contributed by atoms with Crippen LogP contribution in [0, 0.1) is 0 Å². The van der Waals surface area contributed by atoms with Gasteiger partial charge in [0.05, 0.1) is 5.02 Å². The highest BCUT2D eigenvalue weighted by atomic mass is 35.5. The average molecular weight is 318 g/mol. The van der Waals surface area contributed by atoms with Gasteiger partial charge < -0.3 is 14.8 Å². The van der Waals surface area contributed by atoms with Crippen LogP contribution in [0.2, 0.25) is 5.02 Å². The van der Waals surface area contributed by atoms with Crippen molar-refractivity contribution in [1.29, 1.82) is 0 Å². The van der Waals surface area contributed by atoms with Crippen molar-refractivity contribution in [2.24, 2.45) is 0 Å². The molecule has 0 radical (unpaired) electrons. The van der Waals surface area contributed by atoms with Crippen molar-refractivity contribution in [2.45, 2.75) is 19.1 Å². The molecule has 5 nitrogen and oxygen atoms in total. The molecular formula is C13H16ClNO4S. The molecule has 20 heavy (non-hydrogen) atoms. The Kier molecular flexibility index (Phi) is 5.25. The van der Waals surface area contributed by atoms with Crippen LogP contribution in [-0.4, -0.2) is 29.2 Å². The zero-order valence-corrected chi connectivity index (χ0v) is 12.7. The molecule has 110 valence electrons. The number of benzene rings is 1. The summed E-state index contributed by atoms with van der Waals surface area (Å²) < 4.78 is 22.4. The molecule has 0 unspecified atom stereocenters. The number of halogens is 1. The van der Waals surface area contributed by atoms with Gasteiger partial charge in [0.15, 0.2) is 11.5 Å². The second kappa shape index (κ2) is 6.95. The first-order chi connectivity index (χ1) is 9.60. The lowest BCUT2D eigenvalue weighted by atomic mass is 10.2. The molecule has 0 bridgehead atoms. The van der Waals surface area contributed by atoms with Crippen molar-refractivity contribution in [3.63, 3.8) is 0 Å². The Morgan fingerprint density at radius 3 is 3.00 bits per heavy atom. The predicted molar refractivity (Wildman–Crippen MR) is 77.6 cm³/mol. The third-order valence-electron chi connectivity index (χ3n) is 2.68. The van der Waals surface area contributed by atoms with Gasteiger partial charge in [0.2, 0.25) is 12.7 Å². The van der Waals surface area contributed by atoms with E-state index >= 15 is 0 Å². The summed E-state index contributed by atoms with van der Waals surface area (Å²) in [6, 6.07) is 3.44. The van der Waals surface area contributed by atoms with Crippen LogP contribution in [0.5, 0.6) is 11.5 Å². The molecule has 0 fully saturated rings. The molecule has 1 aromatic carbocycles. The minimum atomic E-state index is -1.28.